The molecule has 15 heavy (non-hydrogen) atoms. The minimum atomic E-state index is 0.591. The summed E-state index contributed by atoms with van der Waals surface area (Å²) in [6, 6.07) is 3.62. The quantitative estimate of drug-likeness (QED) is 0.640. The SMILES string of the molecule is c1cnc(-c2nc3ccncc3[nH]2)nc1. The molecular formula is C10H7N5. The number of pyridine rings is 1. The van der Waals surface area contributed by atoms with Gasteiger partial charge in [0.2, 0.25) is 0 Å². The van der Waals surface area contributed by atoms with Crippen LogP contribution in [0.15, 0.2) is 36.9 Å². The lowest BCUT2D eigenvalue weighted by Gasteiger charge is -1.90. The molecule has 0 aliphatic heterocycles. The Kier molecular flexibility index (Phi) is 1.68. The Morgan fingerprint density at radius 2 is 1.93 bits per heavy atom. The molecule has 0 saturated carbocycles. The lowest BCUT2D eigenvalue weighted by Crippen LogP contribution is -1.87. The molecule has 0 aliphatic carbocycles. The molecule has 0 radical (unpaired) electrons. The number of fused-ring (bicyclic) bond motifs is 1. The molecule has 0 atom stereocenters. The van der Waals surface area contributed by atoms with E-state index in [1.54, 1.807) is 30.9 Å². The van der Waals surface area contributed by atoms with E-state index in [0.29, 0.717) is 11.6 Å². The molecule has 0 aliphatic rings. The van der Waals surface area contributed by atoms with E-state index in [9.17, 15) is 0 Å². The van der Waals surface area contributed by atoms with Crippen molar-refractivity contribution in [1.29, 1.82) is 0 Å². The van der Waals surface area contributed by atoms with Gasteiger partial charge in [-0.3, -0.25) is 4.98 Å². The summed E-state index contributed by atoms with van der Waals surface area (Å²) in [5.74, 6) is 1.26. The highest BCUT2D eigenvalue weighted by molar-refractivity contribution is 5.76. The van der Waals surface area contributed by atoms with E-state index in [-0.39, 0.29) is 0 Å². The molecule has 0 bridgehead atoms. The monoisotopic (exact) mass is 197 g/mol. The topological polar surface area (TPSA) is 67.3 Å². The van der Waals surface area contributed by atoms with Crippen LogP contribution in [-0.2, 0) is 0 Å². The standard InChI is InChI=1S/C10H7N5/c1-3-12-9(13-4-1)10-14-7-2-5-11-6-8(7)15-10/h1-6H,(H,14,15). The van der Waals surface area contributed by atoms with Crippen molar-refractivity contribution < 1.29 is 0 Å². The van der Waals surface area contributed by atoms with E-state index >= 15 is 0 Å². The van der Waals surface area contributed by atoms with Crippen LogP contribution in [-0.4, -0.2) is 24.9 Å². The molecule has 0 spiro atoms. The van der Waals surface area contributed by atoms with Gasteiger partial charge in [-0.1, -0.05) is 0 Å². The fourth-order valence-corrected chi connectivity index (χ4v) is 1.38. The van der Waals surface area contributed by atoms with Gasteiger partial charge in [0.15, 0.2) is 11.6 Å². The van der Waals surface area contributed by atoms with E-state index in [1.807, 2.05) is 6.07 Å². The van der Waals surface area contributed by atoms with Gasteiger partial charge in [-0.15, -0.1) is 0 Å². The first kappa shape index (κ1) is 8.05. The van der Waals surface area contributed by atoms with Crippen LogP contribution in [0.5, 0.6) is 0 Å². The van der Waals surface area contributed by atoms with Crippen molar-refractivity contribution in [3.8, 4) is 11.6 Å². The number of aromatic amines is 1. The zero-order chi connectivity index (χ0) is 10.1. The highest BCUT2D eigenvalue weighted by Crippen LogP contribution is 2.15. The van der Waals surface area contributed by atoms with Crippen LogP contribution in [0.1, 0.15) is 0 Å². The van der Waals surface area contributed by atoms with E-state index in [2.05, 4.69) is 24.9 Å². The first-order valence-corrected chi connectivity index (χ1v) is 4.50. The normalized spacial score (nSPS) is 10.7. The smallest absolute Gasteiger partial charge is 0.195 e. The Morgan fingerprint density at radius 1 is 1.07 bits per heavy atom. The third-order valence-electron chi connectivity index (χ3n) is 2.06. The maximum Gasteiger partial charge on any atom is 0.195 e. The van der Waals surface area contributed by atoms with E-state index in [0.717, 1.165) is 11.0 Å². The van der Waals surface area contributed by atoms with Gasteiger partial charge in [0.1, 0.15) is 0 Å². The molecule has 3 aromatic heterocycles. The van der Waals surface area contributed by atoms with E-state index in [1.165, 1.54) is 0 Å². The molecule has 5 nitrogen and oxygen atoms in total. The number of H-pyrrole nitrogens is 1. The molecule has 0 aromatic carbocycles. The fraction of sp³-hybridized carbons (Fsp3) is 0. The van der Waals surface area contributed by atoms with Gasteiger partial charge in [-0.05, 0) is 12.1 Å². The Balaban J connectivity index is 2.21. The number of imidazole rings is 1. The Labute approximate surface area is 85.3 Å². The zero-order valence-electron chi connectivity index (χ0n) is 7.75. The van der Waals surface area contributed by atoms with Crippen molar-refractivity contribution in [3.05, 3.63) is 36.9 Å². The van der Waals surface area contributed by atoms with Gasteiger partial charge in [-0.25, -0.2) is 15.0 Å². The van der Waals surface area contributed by atoms with Gasteiger partial charge >= 0.3 is 0 Å². The Hall–Kier alpha value is -2.30. The first-order valence-electron chi connectivity index (χ1n) is 4.50. The van der Waals surface area contributed by atoms with Gasteiger partial charge in [0.25, 0.3) is 0 Å². The van der Waals surface area contributed by atoms with Gasteiger partial charge < -0.3 is 4.98 Å². The van der Waals surface area contributed by atoms with Crippen molar-refractivity contribution in [2.45, 2.75) is 0 Å². The Bertz CT molecular complexity index is 554. The molecule has 72 valence electrons. The molecule has 3 aromatic rings. The van der Waals surface area contributed by atoms with E-state index in [4.69, 9.17) is 0 Å². The second kappa shape index (κ2) is 3.13. The summed E-state index contributed by atoms with van der Waals surface area (Å²) in [7, 11) is 0. The number of nitrogens with one attached hydrogen (secondary N) is 1. The van der Waals surface area contributed by atoms with Crippen molar-refractivity contribution >= 4 is 11.0 Å². The number of hydrogen-bond donors (Lipinski definition) is 1. The van der Waals surface area contributed by atoms with Gasteiger partial charge in [0, 0.05) is 18.6 Å². The highest BCUT2D eigenvalue weighted by atomic mass is 15.0. The average Bonchev–Trinajstić information content (AvgIpc) is 2.74. The molecule has 0 amide bonds. The molecule has 0 unspecified atom stereocenters. The van der Waals surface area contributed by atoms with Crippen LogP contribution in [0.2, 0.25) is 0 Å². The van der Waals surface area contributed by atoms with E-state index < -0.39 is 0 Å². The van der Waals surface area contributed by atoms with Crippen molar-refractivity contribution in [1.82, 2.24) is 24.9 Å². The summed E-state index contributed by atoms with van der Waals surface area (Å²) in [5, 5.41) is 0. The number of nitrogens with zero attached hydrogens (tertiary/aromatic N) is 4. The van der Waals surface area contributed by atoms with Crippen LogP contribution >= 0.6 is 0 Å². The summed E-state index contributed by atoms with van der Waals surface area (Å²) < 4.78 is 0. The predicted octanol–water partition coefficient (Wildman–Crippen LogP) is 1.41. The molecule has 1 N–H and O–H groups in total. The maximum atomic E-state index is 4.36. The third kappa shape index (κ3) is 1.34. The number of hydrogen-bond acceptors (Lipinski definition) is 4. The number of aromatic nitrogens is 5. The molecule has 3 rings (SSSR count). The van der Waals surface area contributed by atoms with Crippen molar-refractivity contribution in [3.63, 3.8) is 0 Å². The van der Waals surface area contributed by atoms with Crippen molar-refractivity contribution in [2.24, 2.45) is 0 Å². The molecule has 0 fully saturated rings. The minimum absolute atomic E-state index is 0.591. The summed E-state index contributed by atoms with van der Waals surface area (Å²) in [6.45, 7) is 0. The molecule has 0 saturated heterocycles. The second-order valence-corrected chi connectivity index (χ2v) is 3.05. The molecule has 3 heterocycles. The van der Waals surface area contributed by atoms with Crippen LogP contribution in [0.25, 0.3) is 22.7 Å². The number of rotatable bonds is 1. The van der Waals surface area contributed by atoms with Gasteiger partial charge in [-0.2, -0.15) is 0 Å². The molecular weight excluding hydrogens is 190 g/mol. The Morgan fingerprint density at radius 3 is 2.73 bits per heavy atom. The minimum Gasteiger partial charge on any atom is -0.334 e. The first-order chi connectivity index (χ1) is 7.43. The summed E-state index contributed by atoms with van der Waals surface area (Å²) in [6.07, 6.45) is 6.81. The largest absolute Gasteiger partial charge is 0.334 e. The average molecular weight is 197 g/mol. The van der Waals surface area contributed by atoms with Crippen LogP contribution in [0.3, 0.4) is 0 Å². The third-order valence-corrected chi connectivity index (χ3v) is 2.06. The lowest BCUT2D eigenvalue weighted by molar-refractivity contribution is 1.13. The highest BCUT2D eigenvalue weighted by Gasteiger charge is 2.05. The maximum absolute atomic E-state index is 4.36. The summed E-state index contributed by atoms with van der Waals surface area (Å²) in [4.78, 5) is 19.7. The summed E-state index contributed by atoms with van der Waals surface area (Å²) >= 11 is 0. The molecule has 5 heteroatoms. The zero-order valence-corrected chi connectivity index (χ0v) is 7.75. The predicted molar refractivity (Wildman–Crippen MR) is 54.9 cm³/mol. The van der Waals surface area contributed by atoms with Crippen LogP contribution in [0, 0.1) is 0 Å². The second-order valence-electron chi connectivity index (χ2n) is 3.05. The van der Waals surface area contributed by atoms with Gasteiger partial charge in [0.05, 0.1) is 17.2 Å². The lowest BCUT2D eigenvalue weighted by atomic mass is 10.4. The van der Waals surface area contributed by atoms with Crippen LogP contribution < -0.4 is 0 Å². The van der Waals surface area contributed by atoms with Crippen molar-refractivity contribution in [2.75, 3.05) is 0 Å². The summed E-state index contributed by atoms with van der Waals surface area (Å²) in [5.41, 5.74) is 1.76. The van der Waals surface area contributed by atoms with Crippen LogP contribution in [0.4, 0.5) is 0 Å². The fourth-order valence-electron chi connectivity index (χ4n) is 1.38.